The molecular formula is C12H15N3O2. The number of nitriles is 1. The maximum absolute atomic E-state index is 10.7. The molecular weight excluding hydrogens is 218 g/mol. The van der Waals surface area contributed by atoms with E-state index < -0.39 is 0 Å². The Morgan fingerprint density at radius 2 is 2.24 bits per heavy atom. The maximum atomic E-state index is 10.7. The SMILES string of the molecule is COc1ccc(C#N)c(NCCNC(C)=O)c1. The molecule has 0 saturated heterocycles. The summed E-state index contributed by atoms with van der Waals surface area (Å²) in [6.07, 6.45) is 0. The Balaban J connectivity index is 2.62. The Morgan fingerprint density at radius 3 is 2.82 bits per heavy atom. The van der Waals surface area contributed by atoms with Crippen LogP contribution in [0.2, 0.25) is 0 Å². The van der Waals surface area contributed by atoms with Crippen LogP contribution in [0.1, 0.15) is 12.5 Å². The van der Waals surface area contributed by atoms with Crippen molar-refractivity contribution in [3.05, 3.63) is 23.8 Å². The molecule has 0 aromatic heterocycles. The van der Waals surface area contributed by atoms with Gasteiger partial charge in [0.15, 0.2) is 0 Å². The zero-order chi connectivity index (χ0) is 12.7. The second-order valence-corrected chi connectivity index (χ2v) is 3.43. The Hall–Kier alpha value is -2.22. The average molecular weight is 233 g/mol. The van der Waals surface area contributed by atoms with Crippen LogP contribution in [0.15, 0.2) is 18.2 Å². The van der Waals surface area contributed by atoms with Crippen LogP contribution >= 0.6 is 0 Å². The van der Waals surface area contributed by atoms with Crippen LogP contribution < -0.4 is 15.4 Å². The van der Waals surface area contributed by atoms with Crippen molar-refractivity contribution in [3.8, 4) is 11.8 Å². The van der Waals surface area contributed by atoms with Gasteiger partial charge in [-0.05, 0) is 12.1 Å². The van der Waals surface area contributed by atoms with Crippen molar-refractivity contribution in [2.24, 2.45) is 0 Å². The number of rotatable bonds is 5. The molecule has 0 aliphatic carbocycles. The van der Waals surface area contributed by atoms with Crippen molar-refractivity contribution in [2.75, 3.05) is 25.5 Å². The summed E-state index contributed by atoms with van der Waals surface area (Å²) in [4.78, 5) is 10.7. The minimum atomic E-state index is -0.0713. The summed E-state index contributed by atoms with van der Waals surface area (Å²) in [7, 11) is 1.57. The van der Waals surface area contributed by atoms with Gasteiger partial charge in [-0.15, -0.1) is 0 Å². The molecule has 0 spiro atoms. The second-order valence-electron chi connectivity index (χ2n) is 3.43. The normalized spacial score (nSPS) is 9.24. The number of nitrogens with one attached hydrogen (secondary N) is 2. The summed E-state index contributed by atoms with van der Waals surface area (Å²) < 4.78 is 5.08. The smallest absolute Gasteiger partial charge is 0.216 e. The lowest BCUT2D eigenvalue weighted by Crippen LogP contribution is -2.26. The maximum Gasteiger partial charge on any atom is 0.216 e. The van der Waals surface area contributed by atoms with Crippen LogP contribution in [0.5, 0.6) is 5.75 Å². The molecule has 17 heavy (non-hydrogen) atoms. The number of benzene rings is 1. The van der Waals surface area contributed by atoms with Gasteiger partial charge in [-0.25, -0.2) is 0 Å². The molecule has 2 N–H and O–H groups in total. The third-order valence-corrected chi connectivity index (χ3v) is 2.16. The standard InChI is InChI=1S/C12H15N3O2/c1-9(16)14-5-6-15-12-7-11(17-2)4-3-10(12)8-13/h3-4,7,15H,5-6H2,1-2H3,(H,14,16). The summed E-state index contributed by atoms with van der Waals surface area (Å²) in [5.41, 5.74) is 1.26. The number of ether oxygens (including phenoxy) is 1. The molecule has 0 atom stereocenters. The van der Waals surface area contributed by atoms with Crippen molar-refractivity contribution in [1.29, 1.82) is 5.26 Å². The van der Waals surface area contributed by atoms with Gasteiger partial charge in [0.05, 0.1) is 18.4 Å². The van der Waals surface area contributed by atoms with E-state index in [0.717, 1.165) is 0 Å². The van der Waals surface area contributed by atoms with Gasteiger partial charge in [0.1, 0.15) is 11.8 Å². The first-order valence-corrected chi connectivity index (χ1v) is 5.24. The topological polar surface area (TPSA) is 74.2 Å². The van der Waals surface area contributed by atoms with Gasteiger partial charge >= 0.3 is 0 Å². The van der Waals surface area contributed by atoms with E-state index in [2.05, 4.69) is 16.7 Å². The Morgan fingerprint density at radius 1 is 1.47 bits per heavy atom. The van der Waals surface area contributed by atoms with Crippen LogP contribution in [-0.2, 0) is 4.79 Å². The minimum absolute atomic E-state index is 0.0713. The molecule has 0 aliphatic heterocycles. The molecule has 0 aliphatic rings. The van der Waals surface area contributed by atoms with Gasteiger partial charge in [-0.1, -0.05) is 0 Å². The van der Waals surface area contributed by atoms with E-state index in [9.17, 15) is 4.79 Å². The number of methoxy groups -OCH3 is 1. The number of hydrogen-bond donors (Lipinski definition) is 2. The molecule has 0 radical (unpaired) electrons. The highest BCUT2D eigenvalue weighted by Gasteiger charge is 2.03. The third kappa shape index (κ3) is 4.03. The lowest BCUT2D eigenvalue weighted by molar-refractivity contribution is -0.118. The predicted molar refractivity (Wildman–Crippen MR) is 64.9 cm³/mol. The number of amides is 1. The molecule has 1 rings (SSSR count). The molecule has 0 saturated carbocycles. The van der Waals surface area contributed by atoms with E-state index in [0.29, 0.717) is 30.1 Å². The lowest BCUT2D eigenvalue weighted by Gasteiger charge is -2.10. The Labute approximate surface area is 100 Å². The highest BCUT2D eigenvalue weighted by atomic mass is 16.5. The van der Waals surface area contributed by atoms with E-state index in [1.54, 1.807) is 25.3 Å². The molecule has 90 valence electrons. The summed E-state index contributed by atoms with van der Waals surface area (Å²) in [5, 5.41) is 14.7. The summed E-state index contributed by atoms with van der Waals surface area (Å²) in [6, 6.07) is 7.28. The van der Waals surface area contributed by atoms with Crippen LogP contribution in [0.4, 0.5) is 5.69 Å². The van der Waals surface area contributed by atoms with E-state index in [1.807, 2.05) is 0 Å². The highest BCUT2D eigenvalue weighted by Crippen LogP contribution is 2.21. The van der Waals surface area contributed by atoms with Gasteiger partial charge < -0.3 is 15.4 Å². The molecule has 0 bridgehead atoms. The van der Waals surface area contributed by atoms with Crippen molar-refractivity contribution in [2.45, 2.75) is 6.92 Å². The van der Waals surface area contributed by atoms with Gasteiger partial charge in [-0.3, -0.25) is 4.79 Å². The predicted octanol–water partition coefficient (Wildman–Crippen LogP) is 1.11. The van der Waals surface area contributed by atoms with Gasteiger partial charge in [0.2, 0.25) is 5.91 Å². The fourth-order valence-electron chi connectivity index (χ4n) is 1.33. The average Bonchev–Trinajstić information content (AvgIpc) is 2.34. The molecule has 5 nitrogen and oxygen atoms in total. The zero-order valence-corrected chi connectivity index (χ0v) is 9.91. The monoisotopic (exact) mass is 233 g/mol. The van der Waals surface area contributed by atoms with Gasteiger partial charge in [-0.2, -0.15) is 5.26 Å². The minimum Gasteiger partial charge on any atom is -0.497 e. The van der Waals surface area contributed by atoms with Crippen LogP contribution in [-0.4, -0.2) is 26.1 Å². The zero-order valence-electron chi connectivity index (χ0n) is 9.91. The number of nitrogens with zero attached hydrogens (tertiary/aromatic N) is 1. The van der Waals surface area contributed by atoms with Gasteiger partial charge in [0.25, 0.3) is 0 Å². The molecule has 1 aromatic carbocycles. The lowest BCUT2D eigenvalue weighted by atomic mass is 10.2. The molecule has 1 amide bonds. The summed E-state index contributed by atoms with van der Waals surface area (Å²) >= 11 is 0. The van der Waals surface area contributed by atoms with Gasteiger partial charge in [0, 0.05) is 26.1 Å². The molecule has 0 heterocycles. The first-order chi connectivity index (χ1) is 8.17. The first kappa shape index (κ1) is 12.8. The van der Waals surface area contributed by atoms with E-state index in [1.165, 1.54) is 6.92 Å². The number of carbonyl (C=O) groups is 1. The van der Waals surface area contributed by atoms with Crippen LogP contribution in [0.3, 0.4) is 0 Å². The fourth-order valence-corrected chi connectivity index (χ4v) is 1.33. The van der Waals surface area contributed by atoms with E-state index in [4.69, 9.17) is 10.00 Å². The number of carbonyl (C=O) groups excluding carboxylic acids is 1. The number of anilines is 1. The molecule has 0 fully saturated rings. The first-order valence-electron chi connectivity index (χ1n) is 5.24. The quantitative estimate of drug-likeness (QED) is 0.747. The van der Waals surface area contributed by atoms with Crippen molar-refractivity contribution >= 4 is 11.6 Å². The molecule has 0 unspecified atom stereocenters. The summed E-state index contributed by atoms with van der Waals surface area (Å²) in [5.74, 6) is 0.615. The van der Waals surface area contributed by atoms with E-state index in [-0.39, 0.29) is 5.91 Å². The largest absolute Gasteiger partial charge is 0.497 e. The molecule has 5 heteroatoms. The Bertz CT molecular complexity index is 438. The van der Waals surface area contributed by atoms with Crippen molar-refractivity contribution < 1.29 is 9.53 Å². The second kappa shape index (κ2) is 6.38. The fraction of sp³-hybridized carbons (Fsp3) is 0.333. The third-order valence-electron chi connectivity index (χ3n) is 2.16. The van der Waals surface area contributed by atoms with E-state index >= 15 is 0 Å². The van der Waals surface area contributed by atoms with Crippen LogP contribution in [0.25, 0.3) is 0 Å². The van der Waals surface area contributed by atoms with Crippen LogP contribution in [0, 0.1) is 11.3 Å². The van der Waals surface area contributed by atoms with Crippen molar-refractivity contribution in [3.63, 3.8) is 0 Å². The molecule has 1 aromatic rings. The number of hydrogen-bond acceptors (Lipinski definition) is 4. The Kier molecular flexibility index (Phi) is 4.82. The van der Waals surface area contributed by atoms with Crippen molar-refractivity contribution in [1.82, 2.24) is 5.32 Å². The highest BCUT2D eigenvalue weighted by molar-refractivity contribution is 5.72. The summed E-state index contributed by atoms with van der Waals surface area (Å²) in [6.45, 7) is 2.53.